The van der Waals surface area contributed by atoms with Crippen LogP contribution in [0.2, 0.25) is 0 Å². The van der Waals surface area contributed by atoms with Crippen molar-refractivity contribution in [2.75, 3.05) is 0 Å². The smallest absolute Gasteiger partial charge is 0.339 e. The molecule has 1 fully saturated rings. The van der Waals surface area contributed by atoms with Crippen molar-refractivity contribution in [3.05, 3.63) is 65.7 Å². The van der Waals surface area contributed by atoms with Gasteiger partial charge in [-0.25, -0.2) is 4.79 Å². The third-order valence-electron chi connectivity index (χ3n) is 3.57. The summed E-state index contributed by atoms with van der Waals surface area (Å²) in [5.74, 6) is -1.01. The molecule has 0 heterocycles. The van der Waals surface area contributed by atoms with Crippen LogP contribution in [0.1, 0.15) is 34.9 Å². The van der Waals surface area contributed by atoms with Gasteiger partial charge >= 0.3 is 5.97 Å². The third kappa shape index (κ3) is 3.88. The molecule has 0 bridgehead atoms. The summed E-state index contributed by atoms with van der Waals surface area (Å²) >= 11 is 0. The first-order chi connectivity index (χ1) is 11.1. The van der Waals surface area contributed by atoms with Gasteiger partial charge in [-0.15, -0.1) is 0 Å². The topological polar surface area (TPSA) is 75.6 Å². The molecule has 2 aromatic rings. The summed E-state index contributed by atoms with van der Waals surface area (Å²) in [6.45, 7) is 0. The summed E-state index contributed by atoms with van der Waals surface area (Å²) < 4.78 is 5.41. The number of hydrogen-bond donors (Lipinski definition) is 2. The number of carbonyl (C=O) groups is 2. The highest BCUT2D eigenvalue weighted by molar-refractivity contribution is 5.93. The number of amides is 1. The highest BCUT2D eigenvalue weighted by Gasteiger charge is 2.31. The Bertz CT molecular complexity index is 710. The van der Waals surface area contributed by atoms with Gasteiger partial charge in [0.05, 0.1) is 5.56 Å². The van der Waals surface area contributed by atoms with Crippen molar-refractivity contribution in [3.63, 3.8) is 0 Å². The fraction of sp³-hybridized carbons (Fsp3) is 0.222. The van der Waals surface area contributed by atoms with Crippen LogP contribution in [0.3, 0.4) is 0 Å². The second-order valence-electron chi connectivity index (χ2n) is 5.53. The molecule has 0 spiro atoms. The molecule has 1 aliphatic rings. The molecule has 1 atom stereocenters. The summed E-state index contributed by atoms with van der Waals surface area (Å²) in [6.07, 6.45) is 0.897. The van der Waals surface area contributed by atoms with Gasteiger partial charge < -0.3 is 15.2 Å². The number of phenolic OH excluding ortho intramolecular Hbond substituents is 1. The Kier molecular flexibility index (Phi) is 4.28. The van der Waals surface area contributed by atoms with E-state index in [1.54, 1.807) is 30.3 Å². The second-order valence-corrected chi connectivity index (χ2v) is 5.53. The van der Waals surface area contributed by atoms with Crippen LogP contribution in [0.4, 0.5) is 0 Å². The molecule has 5 heteroatoms. The Balaban J connectivity index is 1.80. The minimum atomic E-state index is -1.01. The summed E-state index contributed by atoms with van der Waals surface area (Å²) in [7, 11) is 0. The molecular weight excluding hydrogens is 294 g/mol. The van der Waals surface area contributed by atoms with Crippen molar-refractivity contribution in [2.45, 2.75) is 25.0 Å². The monoisotopic (exact) mass is 311 g/mol. The van der Waals surface area contributed by atoms with E-state index in [1.807, 2.05) is 6.07 Å². The second kappa shape index (κ2) is 6.52. The van der Waals surface area contributed by atoms with Gasteiger partial charge in [0, 0.05) is 11.6 Å². The molecule has 0 saturated heterocycles. The zero-order chi connectivity index (χ0) is 16.2. The number of esters is 1. The highest BCUT2D eigenvalue weighted by Crippen LogP contribution is 2.24. The van der Waals surface area contributed by atoms with Gasteiger partial charge in [-0.3, -0.25) is 4.79 Å². The van der Waals surface area contributed by atoms with Crippen LogP contribution in [-0.2, 0) is 9.53 Å². The van der Waals surface area contributed by atoms with Crippen LogP contribution in [0.15, 0.2) is 54.6 Å². The highest BCUT2D eigenvalue weighted by atomic mass is 16.5. The van der Waals surface area contributed by atoms with Gasteiger partial charge in [0.2, 0.25) is 6.10 Å². The van der Waals surface area contributed by atoms with E-state index in [4.69, 9.17) is 4.74 Å². The summed E-state index contributed by atoms with van der Waals surface area (Å²) in [5.41, 5.74) is 0.810. The molecule has 1 saturated carbocycles. The maximum atomic E-state index is 12.4. The number of phenols is 1. The van der Waals surface area contributed by atoms with Gasteiger partial charge in [-0.05, 0) is 31.0 Å². The minimum absolute atomic E-state index is 0.0295. The summed E-state index contributed by atoms with van der Waals surface area (Å²) in [6, 6.07) is 14.9. The van der Waals surface area contributed by atoms with Gasteiger partial charge in [-0.2, -0.15) is 0 Å². The fourth-order valence-corrected chi connectivity index (χ4v) is 2.21. The van der Waals surface area contributed by atoms with Crippen LogP contribution < -0.4 is 5.32 Å². The largest absolute Gasteiger partial charge is 0.508 e. The zero-order valence-electron chi connectivity index (χ0n) is 12.4. The quantitative estimate of drug-likeness (QED) is 0.832. The molecule has 118 valence electrons. The lowest BCUT2D eigenvalue weighted by Gasteiger charge is -2.18. The van der Waals surface area contributed by atoms with Crippen molar-refractivity contribution >= 4 is 11.9 Å². The molecular formula is C18H17NO4. The predicted octanol–water partition coefficient (Wildman–Crippen LogP) is 2.57. The molecule has 0 aromatic heterocycles. The van der Waals surface area contributed by atoms with E-state index in [1.165, 1.54) is 18.2 Å². The van der Waals surface area contributed by atoms with E-state index in [0.717, 1.165) is 12.8 Å². The lowest BCUT2D eigenvalue weighted by molar-refractivity contribution is -0.130. The SMILES string of the molecule is O=C(OC(C(=O)NC1CC1)c1ccccc1)c1cccc(O)c1. The fourth-order valence-electron chi connectivity index (χ4n) is 2.21. The average molecular weight is 311 g/mol. The lowest BCUT2D eigenvalue weighted by atomic mass is 10.1. The Morgan fingerprint density at radius 2 is 1.83 bits per heavy atom. The van der Waals surface area contributed by atoms with Crippen molar-refractivity contribution < 1.29 is 19.4 Å². The van der Waals surface area contributed by atoms with Crippen LogP contribution in [0.25, 0.3) is 0 Å². The van der Waals surface area contributed by atoms with Crippen LogP contribution in [-0.4, -0.2) is 23.0 Å². The van der Waals surface area contributed by atoms with E-state index in [0.29, 0.717) is 5.56 Å². The number of rotatable bonds is 5. The molecule has 23 heavy (non-hydrogen) atoms. The lowest BCUT2D eigenvalue weighted by Crippen LogP contribution is -2.33. The van der Waals surface area contributed by atoms with Gasteiger partial charge in [0.1, 0.15) is 5.75 Å². The molecule has 2 aromatic carbocycles. The zero-order valence-corrected chi connectivity index (χ0v) is 12.4. The maximum absolute atomic E-state index is 12.4. The van der Waals surface area contributed by atoms with Crippen LogP contribution >= 0.6 is 0 Å². The van der Waals surface area contributed by atoms with Gasteiger partial charge in [0.25, 0.3) is 5.91 Å². The molecule has 1 unspecified atom stereocenters. The number of benzene rings is 2. The Morgan fingerprint density at radius 1 is 1.09 bits per heavy atom. The molecule has 5 nitrogen and oxygen atoms in total. The molecule has 1 amide bonds. The van der Waals surface area contributed by atoms with Crippen molar-refractivity contribution in [1.29, 1.82) is 0 Å². The average Bonchev–Trinajstić information content (AvgIpc) is 3.37. The number of carbonyl (C=O) groups excluding carboxylic acids is 2. The summed E-state index contributed by atoms with van der Waals surface area (Å²) in [5, 5.41) is 12.3. The maximum Gasteiger partial charge on any atom is 0.339 e. The molecule has 3 rings (SSSR count). The standard InChI is InChI=1S/C18H17NO4/c20-15-8-4-7-13(11-15)18(22)23-16(12-5-2-1-3-6-12)17(21)19-14-9-10-14/h1-8,11,14,16,20H,9-10H2,(H,19,21). The first-order valence-corrected chi connectivity index (χ1v) is 7.49. The molecule has 0 aliphatic heterocycles. The Labute approximate surface area is 133 Å². The van der Waals surface area contributed by atoms with Gasteiger partial charge in [0.15, 0.2) is 0 Å². The van der Waals surface area contributed by atoms with Gasteiger partial charge in [-0.1, -0.05) is 36.4 Å². The first-order valence-electron chi connectivity index (χ1n) is 7.49. The van der Waals surface area contributed by atoms with E-state index >= 15 is 0 Å². The number of ether oxygens (including phenoxy) is 1. The minimum Gasteiger partial charge on any atom is -0.508 e. The molecule has 0 radical (unpaired) electrons. The van der Waals surface area contributed by atoms with Crippen molar-refractivity contribution in [2.24, 2.45) is 0 Å². The Hall–Kier alpha value is -2.82. The third-order valence-corrected chi connectivity index (χ3v) is 3.57. The van der Waals surface area contributed by atoms with Crippen molar-refractivity contribution in [3.8, 4) is 5.75 Å². The van der Waals surface area contributed by atoms with E-state index in [9.17, 15) is 14.7 Å². The van der Waals surface area contributed by atoms with Crippen LogP contribution in [0, 0.1) is 0 Å². The molecule has 2 N–H and O–H groups in total. The summed E-state index contributed by atoms with van der Waals surface area (Å²) in [4.78, 5) is 24.7. The number of aromatic hydroxyl groups is 1. The van der Waals surface area contributed by atoms with Crippen LogP contribution in [0.5, 0.6) is 5.75 Å². The number of hydrogen-bond acceptors (Lipinski definition) is 4. The number of nitrogens with one attached hydrogen (secondary N) is 1. The first kappa shape index (κ1) is 15.1. The molecule has 1 aliphatic carbocycles. The predicted molar refractivity (Wildman–Crippen MR) is 83.9 cm³/mol. The van der Waals surface area contributed by atoms with E-state index in [2.05, 4.69) is 5.32 Å². The van der Waals surface area contributed by atoms with E-state index in [-0.39, 0.29) is 23.3 Å². The van der Waals surface area contributed by atoms with E-state index < -0.39 is 12.1 Å². The normalized spacial score (nSPS) is 14.8. The van der Waals surface area contributed by atoms with Crippen molar-refractivity contribution in [1.82, 2.24) is 5.32 Å². The Morgan fingerprint density at radius 3 is 2.48 bits per heavy atom.